The molecule has 0 aromatic heterocycles. The third-order valence-corrected chi connectivity index (χ3v) is 4.03. The lowest BCUT2D eigenvalue weighted by Gasteiger charge is -2.17. The molecule has 0 aliphatic carbocycles. The van der Waals surface area contributed by atoms with Crippen LogP contribution in [0, 0.1) is 0 Å². The molecule has 0 radical (unpaired) electrons. The van der Waals surface area contributed by atoms with Crippen molar-refractivity contribution in [3.05, 3.63) is 62.1 Å². The lowest BCUT2D eigenvalue weighted by Crippen LogP contribution is -2.06. The predicted molar refractivity (Wildman–Crippen MR) is 85.0 cm³/mol. The standard InChI is InChI=1S/C14H11Cl4N/c1-8(9-2-4-11(16)12(17)6-9)19-14-5-3-10(15)7-13(14)18/h2-8,19H,1H3. The Hall–Kier alpha value is -0.600. The van der Waals surface area contributed by atoms with Crippen LogP contribution >= 0.6 is 46.4 Å². The maximum absolute atomic E-state index is 6.12. The SMILES string of the molecule is CC(Nc1ccc(Cl)cc1Cl)c1ccc(Cl)c(Cl)c1. The van der Waals surface area contributed by atoms with Gasteiger partial charge in [0.15, 0.2) is 0 Å². The van der Waals surface area contributed by atoms with Crippen molar-refractivity contribution in [3.63, 3.8) is 0 Å². The molecule has 2 rings (SSSR count). The first-order valence-corrected chi connectivity index (χ1v) is 7.15. The van der Waals surface area contributed by atoms with Gasteiger partial charge in [-0.1, -0.05) is 52.5 Å². The van der Waals surface area contributed by atoms with Gasteiger partial charge in [-0.3, -0.25) is 0 Å². The zero-order chi connectivity index (χ0) is 14.0. The monoisotopic (exact) mass is 333 g/mol. The summed E-state index contributed by atoms with van der Waals surface area (Å²) in [6.45, 7) is 2.02. The second-order valence-electron chi connectivity index (χ2n) is 4.16. The third kappa shape index (κ3) is 3.70. The van der Waals surface area contributed by atoms with Crippen LogP contribution in [0.15, 0.2) is 36.4 Å². The van der Waals surface area contributed by atoms with E-state index in [4.69, 9.17) is 46.4 Å². The Kier molecular flexibility index (Phi) is 4.86. The molecule has 100 valence electrons. The van der Waals surface area contributed by atoms with Gasteiger partial charge in [0.25, 0.3) is 0 Å². The van der Waals surface area contributed by atoms with Crippen molar-refractivity contribution in [2.24, 2.45) is 0 Å². The van der Waals surface area contributed by atoms with E-state index in [0.29, 0.717) is 20.1 Å². The molecule has 0 saturated carbocycles. The molecule has 0 aliphatic rings. The summed E-state index contributed by atoms with van der Waals surface area (Å²) in [5.74, 6) is 0. The molecule has 0 aliphatic heterocycles. The molecule has 1 unspecified atom stereocenters. The van der Waals surface area contributed by atoms with Crippen molar-refractivity contribution < 1.29 is 0 Å². The molecular weight excluding hydrogens is 324 g/mol. The second kappa shape index (κ2) is 6.23. The summed E-state index contributed by atoms with van der Waals surface area (Å²) in [5, 5.41) is 5.58. The van der Waals surface area contributed by atoms with Crippen LogP contribution in [0.4, 0.5) is 5.69 Å². The average molecular weight is 335 g/mol. The van der Waals surface area contributed by atoms with Crippen LogP contribution in [-0.4, -0.2) is 0 Å². The van der Waals surface area contributed by atoms with Gasteiger partial charge < -0.3 is 5.32 Å². The molecule has 2 aromatic rings. The van der Waals surface area contributed by atoms with Crippen molar-refractivity contribution in [1.29, 1.82) is 0 Å². The molecule has 0 heterocycles. The van der Waals surface area contributed by atoms with Gasteiger partial charge >= 0.3 is 0 Å². The van der Waals surface area contributed by atoms with E-state index < -0.39 is 0 Å². The van der Waals surface area contributed by atoms with Gasteiger partial charge in [-0.25, -0.2) is 0 Å². The largest absolute Gasteiger partial charge is 0.377 e. The fourth-order valence-electron chi connectivity index (χ4n) is 1.70. The lowest BCUT2D eigenvalue weighted by atomic mass is 10.1. The normalized spacial score (nSPS) is 12.3. The Morgan fingerprint density at radius 3 is 2.21 bits per heavy atom. The Bertz CT molecular complexity index is 598. The molecule has 1 nitrogen and oxygen atoms in total. The molecule has 0 bridgehead atoms. The van der Waals surface area contributed by atoms with Crippen LogP contribution in [0.3, 0.4) is 0 Å². The number of halogens is 4. The summed E-state index contributed by atoms with van der Waals surface area (Å²) in [5.41, 5.74) is 1.85. The Morgan fingerprint density at radius 2 is 1.58 bits per heavy atom. The van der Waals surface area contributed by atoms with E-state index in [9.17, 15) is 0 Å². The highest BCUT2D eigenvalue weighted by atomic mass is 35.5. The fourth-order valence-corrected chi connectivity index (χ4v) is 2.47. The van der Waals surface area contributed by atoms with Crippen molar-refractivity contribution in [3.8, 4) is 0 Å². The van der Waals surface area contributed by atoms with Crippen LogP contribution in [0.2, 0.25) is 20.1 Å². The molecule has 0 spiro atoms. The minimum Gasteiger partial charge on any atom is -0.377 e. The topological polar surface area (TPSA) is 12.0 Å². The van der Waals surface area contributed by atoms with Gasteiger partial charge in [0.1, 0.15) is 0 Å². The van der Waals surface area contributed by atoms with E-state index >= 15 is 0 Å². The first-order valence-electron chi connectivity index (χ1n) is 5.64. The molecule has 5 heteroatoms. The highest BCUT2D eigenvalue weighted by Crippen LogP contribution is 2.30. The van der Waals surface area contributed by atoms with Crippen LogP contribution in [-0.2, 0) is 0 Å². The minimum atomic E-state index is 0.0495. The first kappa shape index (κ1) is 14.8. The molecule has 1 N–H and O–H groups in total. The molecule has 19 heavy (non-hydrogen) atoms. The molecule has 0 saturated heterocycles. The van der Waals surface area contributed by atoms with Crippen LogP contribution < -0.4 is 5.32 Å². The predicted octanol–water partition coefficient (Wildman–Crippen LogP) is 6.47. The van der Waals surface area contributed by atoms with Gasteiger partial charge in [0, 0.05) is 11.1 Å². The van der Waals surface area contributed by atoms with Crippen LogP contribution in [0.25, 0.3) is 0 Å². The van der Waals surface area contributed by atoms with Crippen LogP contribution in [0.5, 0.6) is 0 Å². The summed E-state index contributed by atoms with van der Waals surface area (Å²) >= 11 is 23.9. The van der Waals surface area contributed by atoms with Crippen molar-refractivity contribution >= 4 is 52.1 Å². The summed E-state index contributed by atoms with van der Waals surface area (Å²) in [6.07, 6.45) is 0. The quantitative estimate of drug-likeness (QED) is 0.677. The zero-order valence-corrected chi connectivity index (χ0v) is 13.1. The summed E-state index contributed by atoms with van der Waals surface area (Å²) in [7, 11) is 0. The summed E-state index contributed by atoms with van der Waals surface area (Å²) < 4.78 is 0. The maximum atomic E-state index is 6.12. The molecule has 0 amide bonds. The Labute approximate surface area is 132 Å². The zero-order valence-electron chi connectivity index (χ0n) is 10.1. The summed E-state index contributed by atoms with van der Waals surface area (Å²) in [4.78, 5) is 0. The third-order valence-electron chi connectivity index (χ3n) is 2.75. The van der Waals surface area contributed by atoms with Crippen molar-refractivity contribution in [2.45, 2.75) is 13.0 Å². The average Bonchev–Trinajstić information content (AvgIpc) is 2.36. The van der Waals surface area contributed by atoms with Gasteiger partial charge in [-0.2, -0.15) is 0 Å². The van der Waals surface area contributed by atoms with E-state index in [1.807, 2.05) is 25.1 Å². The smallest absolute Gasteiger partial charge is 0.0652 e. The first-order chi connectivity index (χ1) is 8.97. The minimum absolute atomic E-state index is 0.0495. The van der Waals surface area contributed by atoms with Gasteiger partial charge in [-0.15, -0.1) is 0 Å². The number of hydrogen-bond donors (Lipinski definition) is 1. The fraction of sp³-hybridized carbons (Fsp3) is 0.143. The number of anilines is 1. The Morgan fingerprint density at radius 1 is 0.842 bits per heavy atom. The van der Waals surface area contributed by atoms with Gasteiger partial charge in [-0.05, 0) is 42.8 Å². The molecular formula is C14H11Cl4N. The number of nitrogens with one attached hydrogen (secondary N) is 1. The Balaban J connectivity index is 2.20. The van der Waals surface area contributed by atoms with Gasteiger partial charge in [0.2, 0.25) is 0 Å². The van der Waals surface area contributed by atoms with Crippen molar-refractivity contribution in [2.75, 3.05) is 5.32 Å². The number of benzene rings is 2. The second-order valence-corrected chi connectivity index (χ2v) is 5.82. The van der Waals surface area contributed by atoms with E-state index in [-0.39, 0.29) is 6.04 Å². The lowest BCUT2D eigenvalue weighted by molar-refractivity contribution is 0.885. The van der Waals surface area contributed by atoms with E-state index in [1.165, 1.54) is 0 Å². The van der Waals surface area contributed by atoms with E-state index in [0.717, 1.165) is 11.3 Å². The van der Waals surface area contributed by atoms with E-state index in [1.54, 1.807) is 18.2 Å². The van der Waals surface area contributed by atoms with Crippen LogP contribution in [0.1, 0.15) is 18.5 Å². The molecule has 0 fully saturated rings. The molecule has 1 atom stereocenters. The molecule has 2 aromatic carbocycles. The summed E-state index contributed by atoms with van der Waals surface area (Å²) in [6, 6.07) is 10.9. The van der Waals surface area contributed by atoms with Crippen molar-refractivity contribution in [1.82, 2.24) is 0 Å². The number of rotatable bonds is 3. The maximum Gasteiger partial charge on any atom is 0.0652 e. The van der Waals surface area contributed by atoms with E-state index in [2.05, 4.69) is 5.32 Å². The number of hydrogen-bond acceptors (Lipinski definition) is 1. The van der Waals surface area contributed by atoms with Gasteiger partial charge in [0.05, 0.1) is 20.8 Å². The highest BCUT2D eigenvalue weighted by molar-refractivity contribution is 6.42. The highest BCUT2D eigenvalue weighted by Gasteiger charge is 2.09.